The molecule has 7 heteroatoms. The van der Waals surface area contributed by atoms with Crippen LogP contribution in [0.15, 0.2) is 18.2 Å². The lowest BCUT2D eigenvalue weighted by Crippen LogP contribution is -2.28. The fourth-order valence-corrected chi connectivity index (χ4v) is 1.33. The molecule has 0 heterocycles. The zero-order chi connectivity index (χ0) is 12.3. The average Bonchev–Trinajstić information content (AvgIpc) is 2.25. The molecule has 0 aromatic heterocycles. The summed E-state index contributed by atoms with van der Waals surface area (Å²) in [6.07, 6.45) is -4.51. The molecule has 3 nitrogen and oxygen atoms in total. The van der Waals surface area contributed by atoms with Gasteiger partial charge in [0, 0.05) is 5.56 Å². The van der Waals surface area contributed by atoms with Gasteiger partial charge in [0.1, 0.15) is 6.04 Å². The fourth-order valence-electron chi connectivity index (χ4n) is 1.33. The molecule has 0 aliphatic heterocycles. The van der Waals surface area contributed by atoms with E-state index in [9.17, 15) is 13.2 Å². The van der Waals surface area contributed by atoms with Crippen LogP contribution in [0, 0.1) is 0 Å². The van der Waals surface area contributed by atoms with Crippen molar-refractivity contribution in [1.29, 1.82) is 0 Å². The summed E-state index contributed by atoms with van der Waals surface area (Å²) in [6.45, 7) is 0. The minimum Gasteiger partial charge on any atom is -0.493 e. The highest BCUT2D eigenvalue weighted by Gasteiger charge is 2.39. The summed E-state index contributed by atoms with van der Waals surface area (Å²) in [5.41, 5.74) is 4.97. The quantitative estimate of drug-likeness (QED) is 0.919. The number of ether oxygens (including phenoxy) is 2. The summed E-state index contributed by atoms with van der Waals surface area (Å²) in [5.74, 6) is 0.231. The molecule has 1 atom stereocenters. The highest BCUT2D eigenvalue weighted by Crippen LogP contribution is 2.39. The van der Waals surface area contributed by atoms with Gasteiger partial charge in [-0.25, -0.2) is 0 Å². The van der Waals surface area contributed by atoms with Crippen LogP contribution in [-0.4, -0.2) is 20.4 Å². The van der Waals surface area contributed by atoms with Gasteiger partial charge in [-0.05, 0) is 6.07 Å². The lowest BCUT2D eigenvalue weighted by molar-refractivity contribution is -0.149. The lowest BCUT2D eigenvalue weighted by Gasteiger charge is -2.19. The normalized spacial score (nSPS) is 12.6. The van der Waals surface area contributed by atoms with E-state index in [0.717, 1.165) is 0 Å². The molecule has 98 valence electrons. The molecular weight excluding hydrogens is 259 g/mol. The molecule has 1 aromatic carbocycles. The van der Waals surface area contributed by atoms with Crippen LogP contribution in [0.25, 0.3) is 0 Å². The van der Waals surface area contributed by atoms with Gasteiger partial charge in [0.2, 0.25) is 0 Å². The molecule has 0 saturated heterocycles. The summed E-state index contributed by atoms with van der Waals surface area (Å²) in [6, 6.07) is 2.12. The first-order valence-corrected chi connectivity index (χ1v) is 4.45. The molecule has 2 N–H and O–H groups in total. The van der Waals surface area contributed by atoms with Gasteiger partial charge in [0.25, 0.3) is 0 Å². The van der Waals surface area contributed by atoms with E-state index in [4.69, 9.17) is 15.2 Å². The molecule has 0 radical (unpaired) electrons. The first-order valence-electron chi connectivity index (χ1n) is 4.45. The van der Waals surface area contributed by atoms with Gasteiger partial charge in [0.05, 0.1) is 14.2 Å². The maximum atomic E-state index is 12.5. The second-order valence-corrected chi connectivity index (χ2v) is 3.10. The molecule has 0 fully saturated rings. The van der Waals surface area contributed by atoms with E-state index in [1.807, 2.05) is 0 Å². The van der Waals surface area contributed by atoms with Crippen LogP contribution in [0.3, 0.4) is 0 Å². The van der Waals surface area contributed by atoms with E-state index < -0.39 is 12.2 Å². The molecule has 0 aliphatic rings. The minimum atomic E-state index is -4.51. The Balaban J connectivity index is 0.00000256. The largest absolute Gasteiger partial charge is 0.493 e. The molecule has 0 aliphatic carbocycles. The Morgan fingerprint density at radius 1 is 1.18 bits per heavy atom. The molecule has 1 unspecified atom stereocenters. The van der Waals surface area contributed by atoms with Crippen molar-refractivity contribution in [2.45, 2.75) is 12.2 Å². The van der Waals surface area contributed by atoms with E-state index in [0.29, 0.717) is 0 Å². The Morgan fingerprint density at radius 2 is 1.76 bits per heavy atom. The van der Waals surface area contributed by atoms with Crippen molar-refractivity contribution >= 4 is 12.4 Å². The molecule has 1 aromatic rings. The Kier molecular flexibility index (Phi) is 5.57. The summed E-state index contributed by atoms with van der Waals surface area (Å²) >= 11 is 0. The molecule has 0 bridgehead atoms. The van der Waals surface area contributed by atoms with Gasteiger partial charge in [0.15, 0.2) is 11.5 Å². The van der Waals surface area contributed by atoms with Crippen molar-refractivity contribution in [2.75, 3.05) is 14.2 Å². The van der Waals surface area contributed by atoms with Gasteiger partial charge in [-0.1, -0.05) is 12.1 Å². The zero-order valence-corrected chi connectivity index (χ0v) is 10.1. The van der Waals surface area contributed by atoms with E-state index in [2.05, 4.69) is 0 Å². The maximum absolute atomic E-state index is 12.5. The third-order valence-corrected chi connectivity index (χ3v) is 2.12. The van der Waals surface area contributed by atoms with Crippen molar-refractivity contribution in [3.63, 3.8) is 0 Å². The van der Waals surface area contributed by atoms with Crippen molar-refractivity contribution in [3.8, 4) is 11.5 Å². The highest BCUT2D eigenvalue weighted by atomic mass is 35.5. The number of methoxy groups -OCH3 is 2. The second-order valence-electron chi connectivity index (χ2n) is 3.10. The summed E-state index contributed by atoms with van der Waals surface area (Å²) in [4.78, 5) is 0. The Bertz CT molecular complexity index is 371. The van der Waals surface area contributed by atoms with Gasteiger partial charge < -0.3 is 15.2 Å². The maximum Gasteiger partial charge on any atom is 0.407 e. The fraction of sp³-hybridized carbons (Fsp3) is 0.400. The third kappa shape index (κ3) is 3.41. The van der Waals surface area contributed by atoms with Crippen molar-refractivity contribution in [2.24, 2.45) is 5.73 Å². The van der Waals surface area contributed by atoms with E-state index in [1.54, 1.807) is 0 Å². The average molecular weight is 272 g/mol. The van der Waals surface area contributed by atoms with Crippen molar-refractivity contribution < 1.29 is 22.6 Å². The molecule has 1 rings (SSSR count). The van der Waals surface area contributed by atoms with Gasteiger partial charge in [-0.15, -0.1) is 12.4 Å². The number of nitrogens with two attached hydrogens (primary N) is 1. The lowest BCUT2D eigenvalue weighted by atomic mass is 10.1. The number of para-hydroxylation sites is 1. The number of benzene rings is 1. The summed E-state index contributed by atoms with van der Waals surface area (Å²) in [7, 11) is 2.62. The van der Waals surface area contributed by atoms with E-state index in [-0.39, 0.29) is 29.5 Å². The monoisotopic (exact) mass is 271 g/mol. The Labute approximate surface area is 103 Å². The number of hydrogen-bond acceptors (Lipinski definition) is 3. The Hall–Kier alpha value is -1.14. The smallest absolute Gasteiger partial charge is 0.407 e. The summed E-state index contributed by atoms with van der Waals surface area (Å²) in [5, 5.41) is 0. The molecule has 17 heavy (non-hydrogen) atoms. The second kappa shape index (κ2) is 5.97. The number of rotatable bonds is 3. The Morgan fingerprint density at radius 3 is 2.18 bits per heavy atom. The minimum absolute atomic E-state index is 0. The van der Waals surface area contributed by atoms with E-state index in [1.165, 1.54) is 32.4 Å². The molecule has 0 amide bonds. The van der Waals surface area contributed by atoms with Gasteiger partial charge >= 0.3 is 6.18 Å². The molecule has 0 saturated carbocycles. The molecule has 0 spiro atoms. The topological polar surface area (TPSA) is 44.5 Å². The van der Waals surface area contributed by atoms with Gasteiger partial charge in [-0.3, -0.25) is 0 Å². The number of halogens is 4. The van der Waals surface area contributed by atoms with Crippen LogP contribution in [0.4, 0.5) is 13.2 Å². The SMILES string of the molecule is COc1cccc(C(N)C(F)(F)F)c1OC.Cl. The van der Waals surface area contributed by atoms with Gasteiger partial charge in [-0.2, -0.15) is 13.2 Å². The first-order chi connectivity index (χ1) is 7.41. The van der Waals surface area contributed by atoms with Crippen LogP contribution < -0.4 is 15.2 Å². The van der Waals surface area contributed by atoms with Crippen LogP contribution in [-0.2, 0) is 0 Å². The number of hydrogen-bond donors (Lipinski definition) is 1. The zero-order valence-electron chi connectivity index (χ0n) is 9.25. The molecular formula is C10H13ClF3NO2. The van der Waals surface area contributed by atoms with Crippen molar-refractivity contribution in [1.82, 2.24) is 0 Å². The number of alkyl halides is 3. The predicted octanol–water partition coefficient (Wildman–Crippen LogP) is 2.69. The standard InChI is InChI=1S/C10H12F3NO2.ClH/c1-15-7-5-3-4-6(8(7)16-2)9(14)10(11,12)13;/h3-5,9H,14H2,1-2H3;1H. The van der Waals surface area contributed by atoms with Crippen LogP contribution in [0.2, 0.25) is 0 Å². The highest BCUT2D eigenvalue weighted by molar-refractivity contribution is 5.85. The van der Waals surface area contributed by atoms with Crippen LogP contribution in [0.1, 0.15) is 11.6 Å². The van der Waals surface area contributed by atoms with E-state index >= 15 is 0 Å². The first kappa shape index (κ1) is 15.9. The van der Waals surface area contributed by atoms with Crippen LogP contribution in [0.5, 0.6) is 11.5 Å². The third-order valence-electron chi connectivity index (χ3n) is 2.12. The van der Waals surface area contributed by atoms with Crippen LogP contribution >= 0.6 is 12.4 Å². The van der Waals surface area contributed by atoms with Crippen molar-refractivity contribution in [3.05, 3.63) is 23.8 Å². The summed E-state index contributed by atoms with van der Waals surface area (Å²) < 4.78 is 47.2. The predicted molar refractivity (Wildman–Crippen MR) is 59.8 cm³/mol.